The minimum absolute atomic E-state index is 0.0428. The second-order valence-corrected chi connectivity index (χ2v) is 8.49. The van der Waals surface area contributed by atoms with E-state index in [1.165, 1.54) is 12.3 Å². The molecule has 0 fully saturated rings. The summed E-state index contributed by atoms with van der Waals surface area (Å²) in [6.07, 6.45) is 1.20. The van der Waals surface area contributed by atoms with Crippen LogP contribution in [0.25, 0.3) is 22.4 Å². The minimum atomic E-state index is -3.91. The van der Waals surface area contributed by atoms with Gasteiger partial charge in [-0.05, 0) is 26.3 Å². The quantitative estimate of drug-likeness (QED) is 0.637. The predicted octanol–water partition coefficient (Wildman–Crippen LogP) is 2.81. The summed E-state index contributed by atoms with van der Waals surface area (Å²) in [5, 5.41) is 13.3. The average Bonchev–Trinajstić information content (AvgIpc) is 3.03. The van der Waals surface area contributed by atoms with Gasteiger partial charge in [0.15, 0.2) is 0 Å². The summed E-state index contributed by atoms with van der Waals surface area (Å²) in [4.78, 5) is 14.8. The van der Waals surface area contributed by atoms with E-state index in [9.17, 15) is 13.2 Å². The first-order chi connectivity index (χ1) is 12.7. The summed E-state index contributed by atoms with van der Waals surface area (Å²) in [5.74, 6) is -0.984. The van der Waals surface area contributed by atoms with Gasteiger partial charge in [0.05, 0.1) is 11.6 Å². The number of hydrogen-bond donors (Lipinski definition) is 2. The fourth-order valence-corrected chi connectivity index (χ4v) is 4.07. The zero-order valence-electron chi connectivity index (χ0n) is 14.8. The van der Waals surface area contributed by atoms with Crippen molar-refractivity contribution in [3.05, 3.63) is 42.6 Å². The van der Waals surface area contributed by atoms with E-state index >= 15 is 0 Å². The van der Waals surface area contributed by atoms with Gasteiger partial charge in [-0.1, -0.05) is 35.5 Å². The van der Waals surface area contributed by atoms with Crippen molar-refractivity contribution in [2.24, 2.45) is 0 Å². The van der Waals surface area contributed by atoms with Crippen molar-refractivity contribution >= 4 is 27.1 Å². The Morgan fingerprint density at radius 3 is 2.63 bits per heavy atom. The van der Waals surface area contributed by atoms with E-state index in [0.717, 1.165) is 5.56 Å². The molecule has 0 aliphatic heterocycles. The van der Waals surface area contributed by atoms with Crippen LogP contribution >= 0.6 is 0 Å². The Kier molecular flexibility index (Phi) is 4.99. The highest BCUT2D eigenvalue weighted by Gasteiger charge is 2.28. The van der Waals surface area contributed by atoms with Crippen molar-refractivity contribution in [2.45, 2.75) is 37.1 Å². The summed E-state index contributed by atoms with van der Waals surface area (Å²) in [6.45, 7) is 3.27. The van der Waals surface area contributed by atoms with E-state index in [0.29, 0.717) is 11.1 Å². The monoisotopic (exact) mass is 389 g/mol. The molecule has 1 aromatic carbocycles. The van der Waals surface area contributed by atoms with Crippen LogP contribution in [-0.4, -0.2) is 35.2 Å². The molecule has 2 N–H and O–H groups in total. The van der Waals surface area contributed by atoms with E-state index in [2.05, 4.69) is 14.9 Å². The zero-order valence-corrected chi connectivity index (χ0v) is 15.7. The number of rotatable bonds is 7. The number of fused-ring (bicyclic) bond motifs is 1. The topological polar surface area (TPSA) is 122 Å². The zero-order chi connectivity index (χ0) is 19.7. The van der Waals surface area contributed by atoms with Gasteiger partial charge in [-0.15, -0.1) is 0 Å². The number of nitrogens with one attached hydrogen (secondary N) is 1. The first-order valence-corrected chi connectivity index (χ1v) is 9.73. The molecule has 3 aromatic rings. The van der Waals surface area contributed by atoms with Gasteiger partial charge in [0.25, 0.3) is 5.71 Å². The van der Waals surface area contributed by atoms with E-state index in [-0.39, 0.29) is 23.5 Å². The van der Waals surface area contributed by atoms with E-state index in [4.69, 9.17) is 9.63 Å². The number of aromatic nitrogens is 2. The maximum absolute atomic E-state index is 12.8. The molecule has 0 radical (unpaired) electrons. The second-order valence-electron chi connectivity index (χ2n) is 6.80. The van der Waals surface area contributed by atoms with Crippen LogP contribution in [0.2, 0.25) is 0 Å². The maximum atomic E-state index is 12.8. The summed E-state index contributed by atoms with van der Waals surface area (Å²) >= 11 is 0. The van der Waals surface area contributed by atoms with Gasteiger partial charge < -0.3 is 9.63 Å². The van der Waals surface area contributed by atoms with Crippen molar-refractivity contribution in [1.82, 2.24) is 14.9 Å². The molecule has 142 valence electrons. The van der Waals surface area contributed by atoms with E-state index in [1.54, 1.807) is 13.8 Å². The lowest BCUT2D eigenvalue weighted by atomic mass is 10.0. The highest BCUT2D eigenvalue weighted by Crippen LogP contribution is 2.28. The number of hydrogen-bond acceptors (Lipinski definition) is 6. The number of nitrogens with zero attached hydrogens (tertiary/aromatic N) is 2. The number of aliphatic carboxylic acids is 1. The lowest BCUT2D eigenvalue weighted by Crippen LogP contribution is -2.43. The molecule has 0 unspecified atom stereocenters. The van der Waals surface area contributed by atoms with Crippen molar-refractivity contribution in [3.8, 4) is 11.3 Å². The van der Waals surface area contributed by atoms with Gasteiger partial charge in [-0.3, -0.25) is 4.79 Å². The standard InChI is InChI=1S/C18H19N3O5S/c1-18(2,9-8-15(22)23)21-27(24,25)13-10-14-16(12-6-4-3-5-7-12)20-26-17(14)19-11-13/h3-7,10-11,21H,8-9H2,1-2H3,(H,22,23). The van der Waals surface area contributed by atoms with Crippen molar-refractivity contribution in [1.29, 1.82) is 0 Å². The molecule has 0 aliphatic carbocycles. The summed E-state index contributed by atoms with van der Waals surface area (Å²) < 4.78 is 33.2. The van der Waals surface area contributed by atoms with Crippen molar-refractivity contribution < 1.29 is 22.8 Å². The molecule has 9 heteroatoms. The molecule has 0 saturated carbocycles. The number of pyridine rings is 1. The van der Waals surface area contributed by atoms with Crippen LogP contribution in [0.5, 0.6) is 0 Å². The highest BCUT2D eigenvalue weighted by molar-refractivity contribution is 7.89. The van der Waals surface area contributed by atoms with Gasteiger partial charge in [-0.2, -0.15) is 0 Å². The van der Waals surface area contributed by atoms with Crippen molar-refractivity contribution in [2.75, 3.05) is 0 Å². The number of carboxylic acids is 1. The molecule has 2 aromatic heterocycles. The average molecular weight is 389 g/mol. The summed E-state index contributed by atoms with van der Waals surface area (Å²) in [7, 11) is -3.91. The van der Waals surface area contributed by atoms with Crippen LogP contribution < -0.4 is 4.72 Å². The van der Waals surface area contributed by atoms with Gasteiger partial charge in [0.2, 0.25) is 10.0 Å². The molecule has 0 amide bonds. The van der Waals surface area contributed by atoms with Gasteiger partial charge >= 0.3 is 5.97 Å². The third kappa shape index (κ3) is 4.32. The number of benzene rings is 1. The van der Waals surface area contributed by atoms with Gasteiger partial charge in [-0.25, -0.2) is 18.1 Å². The highest BCUT2D eigenvalue weighted by atomic mass is 32.2. The maximum Gasteiger partial charge on any atom is 0.303 e. The van der Waals surface area contributed by atoms with Crippen LogP contribution in [-0.2, 0) is 14.8 Å². The Balaban J connectivity index is 1.95. The van der Waals surface area contributed by atoms with E-state index in [1.807, 2.05) is 30.3 Å². The second kappa shape index (κ2) is 7.09. The molecule has 2 heterocycles. The molecular formula is C18H19N3O5S. The van der Waals surface area contributed by atoms with Crippen LogP contribution in [0.3, 0.4) is 0 Å². The van der Waals surface area contributed by atoms with Crippen LogP contribution in [0.4, 0.5) is 0 Å². The lowest BCUT2D eigenvalue weighted by Gasteiger charge is -2.25. The smallest absolute Gasteiger partial charge is 0.303 e. The fraction of sp³-hybridized carbons (Fsp3) is 0.278. The third-order valence-corrected chi connectivity index (χ3v) is 5.70. The van der Waals surface area contributed by atoms with Crippen LogP contribution in [0, 0.1) is 0 Å². The summed E-state index contributed by atoms with van der Waals surface area (Å²) in [6, 6.07) is 10.7. The molecule has 8 nitrogen and oxygen atoms in total. The molecule has 0 bridgehead atoms. The molecule has 0 aliphatic rings. The van der Waals surface area contributed by atoms with Gasteiger partial charge in [0, 0.05) is 17.5 Å². The van der Waals surface area contributed by atoms with Crippen LogP contribution in [0.1, 0.15) is 26.7 Å². The fourth-order valence-electron chi connectivity index (χ4n) is 2.66. The van der Waals surface area contributed by atoms with E-state index < -0.39 is 21.5 Å². The Morgan fingerprint density at radius 1 is 1.26 bits per heavy atom. The normalized spacial score (nSPS) is 12.4. The van der Waals surface area contributed by atoms with Crippen molar-refractivity contribution in [3.63, 3.8) is 0 Å². The number of sulfonamides is 1. The predicted molar refractivity (Wildman–Crippen MR) is 98.5 cm³/mol. The molecule has 0 saturated heterocycles. The minimum Gasteiger partial charge on any atom is -0.481 e. The Labute approximate surface area is 156 Å². The number of carbonyl (C=O) groups is 1. The van der Waals surface area contributed by atoms with Gasteiger partial charge in [0.1, 0.15) is 10.6 Å². The first kappa shape index (κ1) is 19.0. The largest absolute Gasteiger partial charge is 0.481 e. The Morgan fingerprint density at radius 2 is 1.96 bits per heavy atom. The summed E-state index contributed by atoms with van der Waals surface area (Å²) in [5.41, 5.74) is 0.587. The Bertz CT molecular complexity index is 1070. The molecule has 3 rings (SSSR count). The molecule has 27 heavy (non-hydrogen) atoms. The SMILES string of the molecule is CC(C)(CCC(=O)O)NS(=O)(=O)c1cnc2onc(-c3ccccc3)c2c1. The lowest BCUT2D eigenvalue weighted by molar-refractivity contribution is -0.137. The van der Waals surface area contributed by atoms with Crippen LogP contribution in [0.15, 0.2) is 52.0 Å². The molecule has 0 spiro atoms. The third-order valence-electron chi connectivity index (χ3n) is 4.04. The Hall–Kier alpha value is -2.78. The number of carboxylic acid groups (broad SMARTS) is 1. The first-order valence-electron chi connectivity index (χ1n) is 8.25. The molecule has 0 atom stereocenters. The molecular weight excluding hydrogens is 370 g/mol.